The topological polar surface area (TPSA) is 54.5 Å². The van der Waals surface area contributed by atoms with Gasteiger partial charge in [-0.1, -0.05) is 43.5 Å². The number of sulfonamides is 1. The standard InChI is InChI=1S/C21H32NO3S2/c1-21(2,26-15-13-22(14-16-26)27(3,24)25)20(23)19-11-9-18(10-12-19)17-7-5-4-6-8-17/h9-12,17H,4-8,13-16H2,1-3H3/q+1. The van der Waals surface area contributed by atoms with Crippen molar-refractivity contribution in [3.05, 3.63) is 35.4 Å². The van der Waals surface area contributed by atoms with Crippen molar-refractivity contribution in [2.75, 3.05) is 30.9 Å². The zero-order valence-corrected chi connectivity index (χ0v) is 18.4. The van der Waals surface area contributed by atoms with E-state index in [1.807, 2.05) is 26.0 Å². The van der Waals surface area contributed by atoms with E-state index in [9.17, 15) is 13.2 Å². The predicted octanol–water partition coefficient (Wildman–Crippen LogP) is 3.59. The highest BCUT2D eigenvalue weighted by Gasteiger charge is 2.48. The first-order valence-electron chi connectivity index (χ1n) is 9.97. The minimum Gasteiger partial charge on any atom is -0.288 e. The summed E-state index contributed by atoms with van der Waals surface area (Å²) >= 11 is 0. The first-order chi connectivity index (χ1) is 12.7. The van der Waals surface area contributed by atoms with Gasteiger partial charge in [-0.25, -0.2) is 8.42 Å². The molecule has 0 atom stereocenters. The van der Waals surface area contributed by atoms with Crippen LogP contribution in [0.2, 0.25) is 0 Å². The second kappa shape index (κ2) is 8.26. The van der Waals surface area contributed by atoms with E-state index in [2.05, 4.69) is 12.1 Å². The second-order valence-corrected chi connectivity index (χ2v) is 13.2. The molecule has 0 amide bonds. The van der Waals surface area contributed by atoms with Gasteiger partial charge in [0.05, 0.1) is 19.3 Å². The summed E-state index contributed by atoms with van der Waals surface area (Å²) in [7, 11) is -3.24. The van der Waals surface area contributed by atoms with E-state index < -0.39 is 14.8 Å². The molecule has 150 valence electrons. The molecule has 6 heteroatoms. The number of carbonyl (C=O) groups excluding carboxylic acids is 1. The van der Waals surface area contributed by atoms with Crippen molar-refractivity contribution >= 4 is 26.7 Å². The van der Waals surface area contributed by atoms with E-state index in [1.54, 1.807) is 0 Å². The van der Waals surface area contributed by atoms with Crippen molar-refractivity contribution in [1.82, 2.24) is 4.31 Å². The normalized spacial score (nSPS) is 21.3. The van der Waals surface area contributed by atoms with E-state index in [4.69, 9.17) is 0 Å². The average molecular weight is 411 g/mol. The molecule has 0 spiro atoms. The number of benzene rings is 1. The molecule has 1 saturated heterocycles. The molecule has 27 heavy (non-hydrogen) atoms. The van der Waals surface area contributed by atoms with Crippen molar-refractivity contribution in [3.63, 3.8) is 0 Å². The number of rotatable bonds is 5. The van der Waals surface area contributed by atoms with Gasteiger partial charge < -0.3 is 0 Å². The van der Waals surface area contributed by atoms with Crippen molar-refractivity contribution in [3.8, 4) is 0 Å². The Bertz CT molecular complexity index is 757. The van der Waals surface area contributed by atoms with Crippen LogP contribution in [-0.4, -0.2) is 54.1 Å². The van der Waals surface area contributed by atoms with Crippen LogP contribution in [0.3, 0.4) is 0 Å². The molecule has 1 aliphatic carbocycles. The summed E-state index contributed by atoms with van der Waals surface area (Å²) in [5, 5.41) is 0. The predicted molar refractivity (Wildman–Crippen MR) is 114 cm³/mol. The Kier molecular flexibility index (Phi) is 6.38. The van der Waals surface area contributed by atoms with E-state index >= 15 is 0 Å². The number of nitrogens with zero attached hydrogens (tertiary/aromatic N) is 1. The van der Waals surface area contributed by atoms with Crippen LogP contribution in [0.25, 0.3) is 0 Å². The molecule has 0 aromatic heterocycles. The smallest absolute Gasteiger partial charge is 0.217 e. The highest BCUT2D eigenvalue weighted by molar-refractivity contribution is 7.99. The van der Waals surface area contributed by atoms with Gasteiger partial charge in [0.15, 0.2) is 4.75 Å². The Morgan fingerprint density at radius 3 is 2.11 bits per heavy atom. The number of carbonyl (C=O) groups is 1. The second-order valence-electron chi connectivity index (χ2n) is 8.36. The quantitative estimate of drug-likeness (QED) is 0.551. The maximum atomic E-state index is 13.2. The van der Waals surface area contributed by atoms with Crippen LogP contribution in [0.1, 0.15) is 67.8 Å². The summed E-state index contributed by atoms with van der Waals surface area (Å²) in [6.45, 7) is 5.12. The molecule has 2 fully saturated rings. The lowest BCUT2D eigenvalue weighted by Gasteiger charge is -2.31. The molecule has 1 aliphatic heterocycles. The monoisotopic (exact) mass is 410 g/mol. The SMILES string of the molecule is CC(C)(C(=O)c1ccc(C2CCCCC2)cc1)[S+]1CCN(S(C)(=O)=O)CC1. The van der Waals surface area contributed by atoms with E-state index in [1.165, 1.54) is 48.2 Å². The van der Waals surface area contributed by atoms with Crippen LogP contribution in [0.5, 0.6) is 0 Å². The molecule has 1 aromatic rings. The van der Waals surface area contributed by atoms with Crippen LogP contribution >= 0.6 is 0 Å². The molecular formula is C21H32NO3S2+. The van der Waals surface area contributed by atoms with Gasteiger partial charge in [0, 0.05) is 16.5 Å². The molecule has 0 bridgehead atoms. The fraction of sp³-hybridized carbons (Fsp3) is 0.667. The van der Waals surface area contributed by atoms with Crippen LogP contribution in [-0.2, 0) is 20.9 Å². The first-order valence-corrected chi connectivity index (χ1v) is 13.4. The summed E-state index contributed by atoms with van der Waals surface area (Å²) in [5.41, 5.74) is 2.16. The van der Waals surface area contributed by atoms with Crippen LogP contribution < -0.4 is 0 Å². The Morgan fingerprint density at radius 2 is 1.59 bits per heavy atom. The Balaban J connectivity index is 1.67. The van der Waals surface area contributed by atoms with Gasteiger partial charge in [0.25, 0.3) is 0 Å². The maximum Gasteiger partial charge on any atom is 0.217 e. The third-order valence-electron chi connectivity index (χ3n) is 6.16. The van der Waals surface area contributed by atoms with Crippen LogP contribution in [0, 0.1) is 0 Å². The van der Waals surface area contributed by atoms with Gasteiger partial charge in [-0.2, -0.15) is 4.31 Å². The Morgan fingerprint density at radius 1 is 1.04 bits per heavy atom. The van der Waals surface area contributed by atoms with Crippen molar-refractivity contribution < 1.29 is 13.2 Å². The highest BCUT2D eigenvalue weighted by Crippen LogP contribution is 2.33. The molecule has 4 nitrogen and oxygen atoms in total. The third kappa shape index (κ3) is 4.77. The molecule has 0 unspecified atom stereocenters. The summed E-state index contributed by atoms with van der Waals surface area (Å²) in [4.78, 5) is 13.2. The number of hydrogen-bond acceptors (Lipinski definition) is 3. The lowest BCUT2D eigenvalue weighted by atomic mass is 9.83. The van der Waals surface area contributed by atoms with Gasteiger partial charge in [-0.15, -0.1) is 0 Å². The number of hydrogen-bond donors (Lipinski definition) is 0. The van der Waals surface area contributed by atoms with Crippen molar-refractivity contribution in [2.24, 2.45) is 0 Å². The molecule has 3 rings (SSSR count). The minimum absolute atomic E-state index is 0.106. The molecule has 1 aromatic carbocycles. The van der Waals surface area contributed by atoms with Crippen molar-refractivity contribution in [1.29, 1.82) is 0 Å². The Labute approximate surface area is 167 Å². The molecular weight excluding hydrogens is 378 g/mol. The Hall–Kier alpha value is -0.850. The van der Waals surface area contributed by atoms with E-state index in [-0.39, 0.29) is 16.7 Å². The lowest BCUT2D eigenvalue weighted by Crippen LogP contribution is -2.52. The minimum atomic E-state index is -3.13. The number of ketones is 1. The maximum absolute atomic E-state index is 13.2. The molecule has 0 N–H and O–H groups in total. The van der Waals surface area contributed by atoms with Gasteiger partial charge in [-0.3, -0.25) is 4.79 Å². The fourth-order valence-electron chi connectivity index (χ4n) is 4.30. The van der Waals surface area contributed by atoms with Crippen molar-refractivity contribution in [2.45, 2.75) is 56.6 Å². The van der Waals surface area contributed by atoms with Gasteiger partial charge in [0.1, 0.15) is 11.5 Å². The summed E-state index contributed by atoms with van der Waals surface area (Å²) < 4.78 is 24.5. The summed E-state index contributed by atoms with van der Waals surface area (Å²) in [6, 6.07) is 8.30. The van der Waals surface area contributed by atoms with E-state index in [0.29, 0.717) is 19.0 Å². The van der Waals surface area contributed by atoms with Crippen LogP contribution in [0.15, 0.2) is 24.3 Å². The van der Waals surface area contributed by atoms with Gasteiger partial charge in [-0.05, 0) is 38.2 Å². The summed E-state index contributed by atoms with van der Waals surface area (Å²) in [5.74, 6) is 2.38. The number of Topliss-reactive ketones (excluding diaryl/α,β-unsaturated/α-hetero) is 1. The molecule has 0 radical (unpaired) electrons. The average Bonchev–Trinajstić information content (AvgIpc) is 2.67. The molecule has 2 aliphatic rings. The van der Waals surface area contributed by atoms with Crippen LogP contribution in [0.4, 0.5) is 0 Å². The zero-order valence-electron chi connectivity index (χ0n) is 16.7. The largest absolute Gasteiger partial charge is 0.288 e. The fourth-order valence-corrected chi connectivity index (χ4v) is 7.86. The lowest BCUT2D eigenvalue weighted by molar-refractivity contribution is 0.0956. The highest BCUT2D eigenvalue weighted by atomic mass is 32.2. The van der Waals surface area contributed by atoms with E-state index in [0.717, 1.165) is 17.1 Å². The summed E-state index contributed by atoms with van der Waals surface area (Å²) in [6.07, 6.45) is 7.76. The first kappa shape index (κ1) is 20.9. The van der Waals surface area contributed by atoms with Gasteiger partial charge >= 0.3 is 0 Å². The third-order valence-corrected chi connectivity index (χ3v) is 10.4. The molecule has 1 saturated carbocycles. The molecule has 1 heterocycles. The van der Waals surface area contributed by atoms with Gasteiger partial charge in [0.2, 0.25) is 15.8 Å². The zero-order chi connectivity index (χ0) is 19.7.